The molecule has 2 atom stereocenters. The van der Waals surface area contributed by atoms with Crippen molar-refractivity contribution >= 4 is 11.7 Å². The minimum atomic E-state index is -0.327. The second-order valence-electron chi connectivity index (χ2n) is 6.29. The number of nitrogens with zero attached hydrogens (tertiary/aromatic N) is 3. The standard InChI is InChI=1S/C17H22N4O3/c1-12-17(20-24-19-12)18-16(23)11-21-8-7-15(22)14(10-21)9-13-5-3-2-4-6-13/h2-6,14-15,22H,7-11H2,1H3,(H,18,20,23)/t14-,15+/m1/s1. The maximum absolute atomic E-state index is 12.2. The van der Waals surface area contributed by atoms with E-state index < -0.39 is 0 Å². The minimum Gasteiger partial charge on any atom is -0.393 e. The summed E-state index contributed by atoms with van der Waals surface area (Å²) in [6.45, 7) is 3.39. The zero-order valence-corrected chi connectivity index (χ0v) is 13.7. The van der Waals surface area contributed by atoms with Gasteiger partial charge in [-0.1, -0.05) is 35.5 Å². The largest absolute Gasteiger partial charge is 0.393 e. The molecule has 2 aromatic rings. The van der Waals surface area contributed by atoms with Crippen molar-refractivity contribution < 1.29 is 14.5 Å². The van der Waals surface area contributed by atoms with Crippen LogP contribution in [0.1, 0.15) is 17.7 Å². The van der Waals surface area contributed by atoms with Crippen molar-refractivity contribution in [2.75, 3.05) is 25.0 Å². The fraction of sp³-hybridized carbons (Fsp3) is 0.471. The van der Waals surface area contributed by atoms with Crippen LogP contribution in [0.4, 0.5) is 5.82 Å². The Bertz CT molecular complexity index is 673. The number of carbonyl (C=O) groups excluding carboxylic acids is 1. The van der Waals surface area contributed by atoms with Gasteiger partial charge >= 0.3 is 0 Å². The molecular weight excluding hydrogens is 308 g/mol. The minimum absolute atomic E-state index is 0.129. The van der Waals surface area contributed by atoms with Gasteiger partial charge in [-0.2, -0.15) is 0 Å². The Kier molecular flexibility index (Phi) is 5.22. The molecule has 1 saturated heterocycles. The summed E-state index contributed by atoms with van der Waals surface area (Å²) in [5.41, 5.74) is 1.76. The van der Waals surface area contributed by atoms with Gasteiger partial charge < -0.3 is 10.4 Å². The Morgan fingerprint density at radius 2 is 2.17 bits per heavy atom. The topological polar surface area (TPSA) is 91.5 Å². The highest BCUT2D eigenvalue weighted by molar-refractivity contribution is 5.91. The first-order chi connectivity index (χ1) is 11.6. The molecule has 0 unspecified atom stereocenters. The maximum Gasteiger partial charge on any atom is 0.239 e. The predicted molar refractivity (Wildman–Crippen MR) is 88.4 cm³/mol. The van der Waals surface area contributed by atoms with Crippen molar-refractivity contribution in [1.29, 1.82) is 0 Å². The molecule has 1 aliphatic heterocycles. The number of nitrogens with one attached hydrogen (secondary N) is 1. The number of benzene rings is 1. The smallest absolute Gasteiger partial charge is 0.239 e. The number of hydrogen-bond acceptors (Lipinski definition) is 6. The highest BCUT2D eigenvalue weighted by Crippen LogP contribution is 2.21. The van der Waals surface area contributed by atoms with Crippen molar-refractivity contribution in [1.82, 2.24) is 15.2 Å². The van der Waals surface area contributed by atoms with Crippen molar-refractivity contribution in [3.8, 4) is 0 Å². The van der Waals surface area contributed by atoms with Gasteiger partial charge in [0.25, 0.3) is 0 Å². The van der Waals surface area contributed by atoms with Crippen LogP contribution in [0.2, 0.25) is 0 Å². The van der Waals surface area contributed by atoms with E-state index in [1.807, 2.05) is 18.2 Å². The van der Waals surface area contributed by atoms with E-state index in [1.54, 1.807) is 6.92 Å². The quantitative estimate of drug-likeness (QED) is 0.857. The number of amides is 1. The first-order valence-corrected chi connectivity index (χ1v) is 8.15. The van der Waals surface area contributed by atoms with Gasteiger partial charge in [0.05, 0.1) is 12.6 Å². The molecular formula is C17H22N4O3. The fourth-order valence-electron chi connectivity index (χ4n) is 3.08. The average molecular weight is 330 g/mol. The van der Waals surface area contributed by atoms with Crippen LogP contribution < -0.4 is 5.32 Å². The highest BCUT2D eigenvalue weighted by Gasteiger charge is 2.29. The van der Waals surface area contributed by atoms with E-state index in [-0.39, 0.29) is 24.5 Å². The molecule has 0 saturated carbocycles. The van der Waals surface area contributed by atoms with E-state index in [9.17, 15) is 9.90 Å². The Balaban J connectivity index is 1.55. The summed E-state index contributed by atoms with van der Waals surface area (Å²) in [5.74, 6) is 0.339. The number of piperidine rings is 1. The number of aromatic nitrogens is 2. The molecule has 7 heteroatoms. The first-order valence-electron chi connectivity index (χ1n) is 8.15. The van der Waals surface area contributed by atoms with Crippen molar-refractivity contribution in [2.24, 2.45) is 5.92 Å². The Labute approximate surface area is 140 Å². The van der Waals surface area contributed by atoms with Gasteiger partial charge in [0, 0.05) is 19.0 Å². The fourth-order valence-corrected chi connectivity index (χ4v) is 3.08. The van der Waals surface area contributed by atoms with Crippen LogP contribution in [0.15, 0.2) is 35.0 Å². The molecule has 24 heavy (non-hydrogen) atoms. The molecule has 128 valence electrons. The van der Waals surface area contributed by atoms with Crippen molar-refractivity contribution in [2.45, 2.75) is 25.9 Å². The molecule has 0 aliphatic carbocycles. The molecule has 2 N–H and O–H groups in total. The monoisotopic (exact) mass is 330 g/mol. The lowest BCUT2D eigenvalue weighted by Gasteiger charge is -2.35. The van der Waals surface area contributed by atoms with Gasteiger partial charge in [-0.3, -0.25) is 9.69 Å². The van der Waals surface area contributed by atoms with E-state index in [2.05, 4.69) is 37.3 Å². The lowest BCUT2D eigenvalue weighted by molar-refractivity contribution is -0.118. The van der Waals surface area contributed by atoms with Gasteiger partial charge in [0.1, 0.15) is 5.69 Å². The van der Waals surface area contributed by atoms with E-state index in [0.717, 1.165) is 6.42 Å². The maximum atomic E-state index is 12.2. The molecule has 0 bridgehead atoms. The zero-order chi connectivity index (χ0) is 16.9. The summed E-state index contributed by atoms with van der Waals surface area (Å²) in [4.78, 5) is 14.2. The van der Waals surface area contributed by atoms with E-state index >= 15 is 0 Å². The number of aryl methyl sites for hydroxylation is 1. The SMILES string of the molecule is Cc1nonc1NC(=O)CN1CC[C@H](O)[C@H](Cc2ccccc2)C1. The Morgan fingerprint density at radius 3 is 2.88 bits per heavy atom. The molecule has 2 heterocycles. The first kappa shape index (κ1) is 16.6. The molecule has 7 nitrogen and oxygen atoms in total. The van der Waals surface area contributed by atoms with E-state index in [0.29, 0.717) is 31.0 Å². The van der Waals surface area contributed by atoms with Gasteiger partial charge in [-0.05, 0) is 30.5 Å². The summed E-state index contributed by atoms with van der Waals surface area (Å²) < 4.78 is 4.57. The number of aliphatic hydroxyl groups is 1. The number of likely N-dealkylation sites (tertiary alicyclic amines) is 1. The summed E-state index contributed by atoms with van der Waals surface area (Å²) in [6.07, 6.45) is 1.16. The number of anilines is 1. The van der Waals surface area contributed by atoms with Crippen LogP contribution in [0.25, 0.3) is 0 Å². The summed E-state index contributed by atoms with van der Waals surface area (Å²) in [5, 5.41) is 20.3. The predicted octanol–water partition coefficient (Wildman–Crippen LogP) is 1.24. The van der Waals surface area contributed by atoms with Crippen LogP contribution >= 0.6 is 0 Å². The lowest BCUT2D eigenvalue weighted by Crippen LogP contribution is -2.46. The molecule has 1 aromatic carbocycles. The van der Waals surface area contributed by atoms with E-state index in [4.69, 9.17) is 0 Å². The third kappa shape index (κ3) is 4.18. The molecule has 1 aliphatic rings. The molecule has 1 fully saturated rings. The van der Waals surface area contributed by atoms with Crippen molar-refractivity contribution in [3.63, 3.8) is 0 Å². The molecule has 0 radical (unpaired) electrons. The highest BCUT2D eigenvalue weighted by atomic mass is 16.6. The number of hydrogen-bond donors (Lipinski definition) is 2. The van der Waals surface area contributed by atoms with Gasteiger partial charge in [-0.25, -0.2) is 4.63 Å². The van der Waals surface area contributed by atoms with Gasteiger partial charge in [-0.15, -0.1) is 0 Å². The van der Waals surface area contributed by atoms with Crippen molar-refractivity contribution in [3.05, 3.63) is 41.6 Å². The normalized spacial score (nSPS) is 21.6. The summed E-state index contributed by atoms with van der Waals surface area (Å²) in [6, 6.07) is 10.1. The molecule has 1 amide bonds. The van der Waals surface area contributed by atoms with Gasteiger partial charge in [0.15, 0.2) is 5.82 Å². The summed E-state index contributed by atoms with van der Waals surface area (Å²) >= 11 is 0. The second-order valence-corrected chi connectivity index (χ2v) is 6.29. The molecule has 3 rings (SSSR count). The number of rotatable bonds is 5. The van der Waals surface area contributed by atoms with Crippen LogP contribution in [0, 0.1) is 12.8 Å². The second kappa shape index (κ2) is 7.55. The number of carbonyl (C=O) groups is 1. The lowest BCUT2D eigenvalue weighted by atomic mass is 9.89. The Morgan fingerprint density at radius 1 is 1.38 bits per heavy atom. The molecule has 1 aromatic heterocycles. The average Bonchev–Trinajstić information content (AvgIpc) is 2.96. The molecule has 0 spiro atoms. The third-order valence-corrected chi connectivity index (χ3v) is 4.40. The number of aliphatic hydroxyl groups excluding tert-OH is 1. The van der Waals surface area contributed by atoms with E-state index in [1.165, 1.54) is 5.56 Å². The zero-order valence-electron chi connectivity index (χ0n) is 13.7. The van der Waals surface area contributed by atoms with Crippen LogP contribution in [-0.2, 0) is 11.2 Å². The van der Waals surface area contributed by atoms with Crippen LogP contribution in [0.3, 0.4) is 0 Å². The van der Waals surface area contributed by atoms with Crippen LogP contribution in [-0.4, -0.2) is 52.0 Å². The van der Waals surface area contributed by atoms with Crippen LogP contribution in [0.5, 0.6) is 0 Å². The summed E-state index contributed by atoms with van der Waals surface area (Å²) in [7, 11) is 0. The third-order valence-electron chi connectivity index (χ3n) is 4.40. The van der Waals surface area contributed by atoms with Gasteiger partial charge in [0.2, 0.25) is 5.91 Å². The Hall–Kier alpha value is -2.25.